The number of hydrogen-bond donors (Lipinski definition) is 2. The van der Waals surface area contributed by atoms with Crippen LogP contribution in [-0.4, -0.2) is 33.4 Å². The smallest absolute Gasteiger partial charge is 0.303 e. The van der Waals surface area contributed by atoms with E-state index in [2.05, 4.69) is 13.0 Å². The summed E-state index contributed by atoms with van der Waals surface area (Å²) in [5.74, 6) is -0.530. The number of aliphatic carboxylic acids is 1. The van der Waals surface area contributed by atoms with Gasteiger partial charge in [0, 0.05) is 29.7 Å². The molecule has 1 aliphatic carbocycles. The van der Waals surface area contributed by atoms with Gasteiger partial charge in [-0.15, -0.1) is 11.6 Å². The van der Waals surface area contributed by atoms with Gasteiger partial charge < -0.3 is 10.2 Å². The lowest BCUT2D eigenvalue weighted by atomic mass is 9.85. The van der Waals surface area contributed by atoms with Crippen molar-refractivity contribution in [2.45, 2.75) is 82.1 Å². The summed E-state index contributed by atoms with van der Waals surface area (Å²) in [6, 6.07) is 7.66. The van der Waals surface area contributed by atoms with Crippen molar-refractivity contribution in [3.05, 3.63) is 47.5 Å². The number of Topliss-reactive ketones (excluding diaryl/α,β-unsaturated/α-hetero) is 1. The summed E-state index contributed by atoms with van der Waals surface area (Å²) in [7, 11) is 0. The predicted octanol–water partition coefficient (Wildman–Crippen LogP) is 5.72. The highest BCUT2D eigenvalue weighted by atomic mass is 35.5. The van der Waals surface area contributed by atoms with Gasteiger partial charge >= 0.3 is 5.97 Å². The maximum Gasteiger partial charge on any atom is 0.303 e. The number of aliphatic hydroxyl groups is 1. The normalized spacial score (nSPS) is 24.2. The Morgan fingerprint density at radius 2 is 1.83 bits per heavy atom. The van der Waals surface area contributed by atoms with Crippen LogP contribution in [0.25, 0.3) is 0 Å². The Hall–Kier alpha value is -1.65. The number of hydrogen-bond acceptors (Lipinski definition) is 3. The highest BCUT2D eigenvalue weighted by Gasteiger charge is 2.41. The van der Waals surface area contributed by atoms with Gasteiger partial charge in [0.2, 0.25) is 0 Å². The summed E-state index contributed by atoms with van der Waals surface area (Å²) in [4.78, 5) is 22.8. The highest BCUT2D eigenvalue weighted by molar-refractivity contribution is 6.21. The molecule has 1 aromatic carbocycles. The maximum absolute atomic E-state index is 12.3. The monoisotopic (exact) mass is 420 g/mol. The molecule has 5 heteroatoms. The van der Waals surface area contributed by atoms with E-state index >= 15 is 0 Å². The second-order valence-electron chi connectivity index (χ2n) is 8.00. The fraction of sp³-hybridized carbons (Fsp3) is 0.583. The molecule has 0 saturated heterocycles. The number of carbonyl (C=O) groups excluding carboxylic acids is 1. The van der Waals surface area contributed by atoms with E-state index in [0.29, 0.717) is 19.3 Å². The topological polar surface area (TPSA) is 74.6 Å². The Balaban J connectivity index is 1.97. The molecule has 0 spiro atoms. The molecule has 4 atom stereocenters. The number of unbranched alkanes of at least 4 members (excludes halogenated alkanes) is 3. The summed E-state index contributed by atoms with van der Waals surface area (Å²) < 4.78 is 0. The SMILES string of the molecule is CCCCCC(=O)c1ccc([C@@H]2[C@@H](C/C=C\CCCC(=O)O)[C@H](Cl)C[C@H]2O)cc1. The van der Waals surface area contributed by atoms with Gasteiger partial charge in [-0.3, -0.25) is 9.59 Å². The Kier molecular flexibility index (Phi) is 9.89. The summed E-state index contributed by atoms with van der Waals surface area (Å²) in [5.41, 5.74) is 1.75. The average Bonchev–Trinajstić information content (AvgIpc) is 2.97. The number of benzene rings is 1. The largest absolute Gasteiger partial charge is 0.481 e. The lowest BCUT2D eigenvalue weighted by Crippen LogP contribution is -2.18. The first-order valence-corrected chi connectivity index (χ1v) is 11.2. The minimum absolute atomic E-state index is 0.0505. The molecule has 0 amide bonds. The van der Waals surface area contributed by atoms with E-state index in [-0.39, 0.29) is 29.4 Å². The molecule has 160 valence electrons. The second kappa shape index (κ2) is 12.1. The predicted molar refractivity (Wildman–Crippen MR) is 117 cm³/mol. The van der Waals surface area contributed by atoms with Crippen molar-refractivity contribution in [3.8, 4) is 0 Å². The Labute approximate surface area is 179 Å². The molecule has 1 saturated carbocycles. The number of allylic oxidation sites excluding steroid dienone is 2. The van der Waals surface area contributed by atoms with Crippen LogP contribution in [0.3, 0.4) is 0 Å². The van der Waals surface area contributed by atoms with E-state index in [1.807, 2.05) is 30.3 Å². The zero-order chi connectivity index (χ0) is 21.2. The Morgan fingerprint density at radius 1 is 1.10 bits per heavy atom. The van der Waals surface area contributed by atoms with E-state index in [1.54, 1.807) is 0 Å². The number of alkyl halides is 1. The van der Waals surface area contributed by atoms with Gasteiger partial charge in [-0.05, 0) is 43.6 Å². The summed E-state index contributed by atoms with van der Waals surface area (Å²) in [5, 5.41) is 19.1. The van der Waals surface area contributed by atoms with Gasteiger partial charge in [0.05, 0.1) is 6.10 Å². The van der Waals surface area contributed by atoms with Crippen molar-refractivity contribution < 1.29 is 19.8 Å². The molecule has 29 heavy (non-hydrogen) atoms. The number of rotatable bonds is 12. The summed E-state index contributed by atoms with van der Waals surface area (Å²) in [6.07, 6.45) is 10.1. The molecule has 0 aliphatic heterocycles. The Morgan fingerprint density at radius 3 is 2.48 bits per heavy atom. The molecule has 2 N–H and O–H groups in total. The van der Waals surface area contributed by atoms with Crippen LogP contribution in [0.2, 0.25) is 0 Å². The van der Waals surface area contributed by atoms with Crippen LogP contribution in [-0.2, 0) is 4.79 Å². The zero-order valence-corrected chi connectivity index (χ0v) is 18.0. The van der Waals surface area contributed by atoms with Gasteiger partial charge in [-0.2, -0.15) is 0 Å². The number of carboxylic acids is 1. The van der Waals surface area contributed by atoms with E-state index in [9.17, 15) is 14.7 Å². The second-order valence-corrected chi connectivity index (χ2v) is 8.56. The molecule has 0 heterocycles. The molecule has 2 rings (SSSR count). The van der Waals surface area contributed by atoms with E-state index in [0.717, 1.165) is 43.2 Å². The van der Waals surface area contributed by atoms with Crippen LogP contribution >= 0.6 is 11.6 Å². The third kappa shape index (κ3) is 7.27. The van der Waals surface area contributed by atoms with Gasteiger partial charge in [0.1, 0.15) is 0 Å². The van der Waals surface area contributed by atoms with E-state index in [4.69, 9.17) is 16.7 Å². The van der Waals surface area contributed by atoms with Crippen molar-refractivity contribution in [2.24, 2.45) is 5.92 Å². The first kappa shape index (κ1) is 23.6. The first-order chi connectivity index (χ1) is 13.9. The van der Waals surface area contributed by atoms with Crippen molar-refractivity contribution in [1.29, 1.82) is 0 Å². The molecule has 1 aromatic rings. The van der Waals surface area contributed by atoms with Crippen LogP contribution in [0.5, 0.6) is 0 Å². The van der Waals surface area contributed by atoms with Crippen molar-refractivity contribution in [3.63, 3.8) is 0 Å². The zero-order valence-electron chi connectivity index (χ0n) is 17.2. The molecular weight excluding hydrogens is 388 g/mol. The number of carbonyl (C=O) groups is 2. The van der Waals surface area contributed by atoms with Crippen LogP contribution in [0.4, 0.5) is 0 Å². The molecule has 0 unspecified atom stereocenters. The van der Waals surface area contributed by atoms with Crippen LogP contribution in [0.1, 0.15) is 86.6 Å². The van der Waals surface area contributed by atoms with Gasteiger partial charge in [-0.1, -0.05) is 56.2 Å². The lowest BCUT2D eigenvalue weighted by Gasteiger charge is -2.23. The molecule has 0 bridgehead atoms. The lowest BCUT2D eigenvalue weighted by molar-refractivity contribution is -0.137. The molecule has 0 aromatic heterocycles. The number of halogens is 1. The first-order valence-electron chi connectivity index (χ1n) is 10.8. The van der Waals surface area contributed by atoms with Crippen LogP contribution in [0.15, 0.2) is 36.4 Å². The fourth-order valence-corrected chi connectivity index (χ4v) is 4.58. The third-order valence-corrected chi connectivity index (χ3v) is 6.27. The van der Waals surface area contributed by atoms with E-state index in [1.165, 1.54) is 0 Å². The summed E-state index contributed by atoms with van der Waals surface area (Å²) >= 11 is 6.53. The van der Waals surface area contributed by atoms with Crippen molar-refractivity contribution >= 4 is 23.4 Å². The molecule has 1 fully saturated rings. The average molecular weight is 421 g/mol. The van der Waals surface area contributed by atoms with E-state index < -0.39 is 12.1 Å². The Bertz CT molecular complexity index is 683. The standard InChI is InChI=1S/C24H33ClO4/c1-2-3-6-10-21(26)17-12-14-18(15-13-17)24-19(20(25)16-22(24)27)9-7-4-5-8-11-23(28)29/h4,7,12-15,19-20,22,24,27H,2-3,5-6,8-11,16H2,1H3,(H,28,29)/b7-4-/t19-,20+,22+,24+/m0/s1. The number of ketones is 1. The minimum atomic E-state index is -0.773. The van der Waals surface area contributed by atoms with Crippen LogP contribution in [0, 0.1) is 5.92 Å². The molecule has 1 aliphatic rings. The van der Waals surface area contributed by atoms with Crippen molar-refractivity contribution in [1.82, 2.24) is 0 Å². The van der Waals surface area contributed by atoms with Gasteiger partial charge in [0.25, 0.3) is 0 Å². The maximum atomic E-state index is 12.3. The molecular formula is C24H33ClO4. The molecule has 0 radical (unpaired) electrons. The summed E-state index contributed by atoms with van der Waals surface area (Å²) in [6.45, 7) is 2.12. The highest BCUT2D eigenvalue weighted by Crippen LogP contribution is 2.44. The number of carboxylic acid groups (broad SMARTS) is 1. The van der Waals surface area contributed by atoms with Crippen molar-refractivity contribution in [2.75, 3.05) is 0 Å². The fourth-order valence-electron chi connectivity index (χ4n) is 4.14. The quantitative estimate of drug-likeness (QED) is 0.196. The number of aliphatic hydroxyl groups excluding tert-OH is 1. The van der Waals surface area contributed by atoms with Gasteiger partial charge in [0.15, 0.2) is 5.78 Å². The van der Waals surface area contributed by atoms with Crippen LogP contribution < -0.4 is 0 Å². The molecule has 4 nitrogen and oxygen atoms in total. The third-order valence-electron chi connectivity index (χ3n) is 5.77. The minimum Gasteiger partial charge on any atom is -0.481 e. The van der Waals surface area contributed by atoms with Gasteiger partial charge in [-0.25, -0.2) is 0 Å².